The summed E-state index contributed by atoms with van der Waals surface area (Å²) in [4.78, 5) is 28.5. The highest BCUT2D eigenvalue weighted by Gasteiger charge is 2.66. The fraction of sp³-hybridized carbons (Fsp3) is 0.571. The lowest BCUT2D eigenvalue weighted by Gasteiger charge is -2.34. The van der Waals surface area contributed by atoms with E-state index in [0.717, 1.165) is 12.8 Å². The average molecular weight is 286 g/mol. The van der Waals surface area contributed by atoms with E-state index in [1.807, 2.05) is 0 Å². The van der Waals surface area contributed by atoms with Crippen LogP contribution in [0.15, 0.2) is 0 Å². The van der Waals surface area contributed by atoms with Crippen molar-refractivity contribution in [1.29, 1.82) is 0 Å². The quantitative estimate of drug-likeness (QED) is 0.722. The van der Waals surface area contributed by atoms with Gasteiger partial charge < -0.3 is 16.5 Å². The molecule has 7 nitrogen and oxygen atoms in total. The van der Waals surface area contributed by atoms with Gasteiger partial charge in [0.25, 0.3) is 0 Å². The molecule has 2 saturated carbocycles. The van der Waals surface area contributed by atoms with E-state index in [1.165, 1.54) is 0 Å². The van der Waals surface area contributed by atoms with Crippen molar-refractivity contribution >= 4 is 28.7 Å². The van der Waals surface area contributed by atoms with Gasteiger partial charge in [-0.25, -0.2) is 4.98 Å². The van der Waals surface area contributed by atoms with Gasteiger partial charge in [-0.15, -0.1) is 0 Å². The number of H-pyrrole nitrogens is 1. The Hall–Kier alpha value is -2.18. The molecule has 110 valence electrons. The molecular weight excluding hydrogens is 268 g/mol. The molecule has 2 bridgehead atoms. The Morgan fingerprint density at radius 3 is 2.62 bits per heavy atom. The predicted octanol–water partition coefficient (Wildman–Crippen LogP) is 1.16. The van der Waals surface area contributed by atoms with Crippen LogP contribution in [0.25, 0.3) is 11.2 Å². The van der Waals surface area contributed by atoms with Gasteiger partial charge in [-0.3, -0.25) is 4.79 Å². The number of rotatable bonds is 1. The van der Waals surface area contributed by atoms with Crippen molar-refractivity contribution < 1.29 is 4.79 Å². The molecule has 2 aliphatic carbocycles. The van der Waals surface area contributed by atoms with E-state index in [9.17, 15) is 4.79 Å². The first-order valence-electron chi connectivity index (χ1n) is 7.19. The molecule has 2 atom stereocenters. The minimum atomic E-state index is -0.556. The summed E-state index contributed by atoms with van der Waals surface area (Å²) in [6.07, 6.45) is 2.51. The van der Waals surface area contributed by atoms with Crippen LogP contribution < -0.4 is 11.5 Å². The van der Waals surface area contributed by atoms with E-state index >= 15 is 0 Å². The van der Waals surface area contributed by atoms with Crippen LogP contribution in [0.4, 0.5) is 11.8 Å². The number of anilines is 2. The summed E-state index contributed by atoms with van der Waals surface area (Å²) in [5.74, 6) is 1.72. The monoisotopic (exact) mass is 286 g/mol. The molecule has 0 radical (unpaired) electrons. The van der Waals surface area contributed by atoms with Crippen LogP contribution >= 0.6 is 0 Å². The van der Waals surface area contributed by atoms with E-state index in [-0.39, 0.29) is 23.0 Å². The number of hydrogen-bond acceptors (Lipinski definition) is 6. The molecule has 21 heavy (non-hydrogen) atoms. The summed E-state index contributed by atoms with van der Waals surface area (Å²) < 4.78 is 0. The van der Waals surface area contributed by atoms with Crippen LogP contribution in [0.2, 0.25) is 0 Å². The fourth-order valence-corrected chi connectivity index (χ4v) is 4.37. The molecule has 5 N–H and O–H groups in total. The summed E-state index contributed by atoms with van der Waals surface area (Å²) in [7, 11) is 0. The first kappa shape index (κ1) is 12.6. The van der Waals surface area contributed by atoms with Crippen LogP contribution in [-0.4, -0.2) is 25.7 Å². The summed E-state index contributed by atoms with van der Waals surface area (Å²) >= 11 is 0. The van der Waals surface area contributed by atoms with Crippen LogP contribution in [0.5, 0.6) is 0 Å². The molecule has 0 amide bonds. The summed E-state index contributed by atoms with van der Waals surface area (Å²) in [5.41, 5.74) is 11.8. The lowest BCUT2D eigenvalue weighted by Crippen LogP contribution is -2.41. The van der Waals surface area contributed by atoms with Gasteiger partial charge in [-0.1, -0.05) is 13.8 Å². The maximum atomic E-state index is 12.7. The molecule has 2 aromatic heterocycles. The molecule has 4 rings (SSSR count). The van der Waals surface area contributed by atoms with Gasteiger partial charge in [-0.2, -0.15) is 9.97 Å². The smallest absolute Gasteiger partial charge is 0.224 e. The van der Waals surface area contributed by atoms with E-state index < -0.39 is 5.41 Å². The second kappa shape index (κ2) is 3.52. The number of nitrogen functional groups attached to an aromatic ring is 2. The second-order valence-electron chi connectivity index (χ2n) is 6.74. The maximum Gasteiger partial charge on any atom is 0.224 e. The van der Waals surface area contributed by atoms with Crippen molar-refractivity contribution in [2.75, 3.05) is 11.5 Å². The van der Waals surface area contributed by atoms with Gasteiger partial charge in [0.1, 0.15) is 17.1 Å². The molecule has 2 aromatic rings. The van der Waals surface area contributed by atoms with Crippen LogP contribution in [0, 0.1) is 11.3 Å². The standard InChI is InChI=1S/C14H18N6O/c1-13(2)6-3-4-14(13,7(21)5-6)11-17-8-9(15)18-12(16)20-10(8)19-11/h6H,3-5H2,1-2H3,(H5,15,16,17,18,19,20). The van der Waals surface area contributed by atoms with Gasteiger partial charge in [0, 0.05) is 6.42 Å². The van der Waals surface area contributed by atoms with Crippen LogP contribution in [0.3, 0.4) is 0 Å². The van der Waals surface area contributed by atoms with Gasteiger partial charge in [0.05, 0.1) is 5.41 Å². The average Bonchev–Trinajstić information content (AvgIpc) is 2.97. The molecule has 0 saturated heterocycles. The topological polar surface area (TPSA) is 124 Å². The first-order chi connectivity index (χ1) is 9.86. The molecule has 7 heteroatoms. The minimum absolute atomic E-state index is 0.0943. The first-order valence-corrected chi connectivity index (χ1v) is 7.19. The zero-order valence-electron chi connectivity index (χ0n) is 12.1. The number of nitrogens with one attached hydrogen (secondary N) is 1. The molecule has 2 heterocycles. The third-order valence-corrected chi connectivity index (χ3v) is 5.70. The Bertz CT molecular complexity index is 779. The van der Waals surface area contributed by atoms with Crippen molar-refractivity contribution in [2.24, 2.45) is 11.3 Å². The highest BCUT2D eigenvalue weighted by Crippen LogP contribution is 2.64. The number of aromatic nitrogens is 4. The summed E-state index contributed by atoms with van der Waals surface area (Å²) in [6, 6.07) is 0. The van der Waals surface area contributed by atoms with E-state index in [2.05, 4.69) is 33.8 Å². The molecular formula is C14H18N6O. The molecule has 2 unspecified atom stereocenters. The number of fused-ring (bicyclic) bond motifs is 3. The maximum absolute atomic E-state index is 12.7. The highest BCUT2D eigenvalue weighted by atomic mass is 16.1. The third-order valence-electron chi connectivity index (χ3n) is 5.70. The zero-order chi connectivity index (χ0) is 15.0. The number of Topliss-reactive ketones (excluding diaryl/α,β-unsaturated/α-hetero) is 1. The number of carbonyl (C=O) groups is 1. The summed E-state index contributed by atoms with van der Waals surface area (Å²) in [5, 5.41) is 0. The number of imidazole rings is 1. The molecule has 0 aliphatic heterocycles. The van der Waals surface area contributed by atoms with Gasteiger partial charge in [-0.05, 0) is 24.2 Å². The van der Waals surface area contributed by atoms with Crippen molar-refractivity contribution in [3.63, 3.8) is 0 Å². The van der Waals surface area contributed by atoms with Crippen molar-refractivity contribution in [3.8, 4) is 0 Å². The van der Waals surface area contributed by atoms with Crippen molar-refractivity contribution in [2.45, 2.75) is 38.5 Å². The Kier molecular flexibility index (Phi) is 2.11. The van der Waals surface area contributed by atoms with Gasteiger partial charge in [0.2, 0.25) is 5.95 Å². The second-order valence-corrected chi connectivity index (χ2v) is 6.74. The lowest BCUT2D eigenvalue weighted by molar-refractivity contribution is -0.124. The van der Waals surface area contributed by atoms with Crippen LogP contribution in [0.1, 0.15) is 38.9 Å². The third kappa shape index (κ3) is 1.29. The number of nitrogens with two attached hydrogens (primary N) is 2. The SMILES string of the molecule is CC1(C)C2CCC1(c1nc3nc(N)nc(N)c3[nH]1)C(=O)C2. The van der Waals surface area contributed by atoms with Crippen molar-refractivity contribution in [3.05, 3.63) is 5.82 Å². The largest absolute Gasteiger partial charge is 0.382 e. The zero-order valence-corrected chi connectivity index (χ0v) is 12.1. The molecule has 0 spiro atoms. The molecule has 2 aliphatic rings. The van der Waals surface area contributed by atoms with E-state index in [0.29, 0.717) is 29.3 Å². The van der Waals surface area contributed by atoms with Crippen LogP contribution in [-0.2, 0) is 10.2 Å². The van der Waals surface area contributed by atoms with E-state index in [1.54, 1.807) is 0 Å². The Balaban J connectivity index is 1.98. The van der Waals surface area contributed by atoms with E-state index in [4.69, 9.17) is 11.5 Å². The number of carbonyl (C=O) groups excluding carboxylic acids is 1. The normalized spacial score (nSPS) is 30.4. The lowest BCUT2D eigenvalue weighted by atomic mass is 9.68. The molecule has 0 aromatic carbocycles. The minimum Gasteiger partial charge on any atom is -0.382 e. The number of aromatic amines is 1. The van der Waals surface area contributed by atoms with Gasteiger partial charge in [0.15, 0.2) is 11.5 Å². The fourth-order valence-electron chi connectivity index (χ4n) is 4.37. The number of nitrogens with zero attached hydrogens (tertiary/aromatic N) is 3. The Morgan fingerprint density at radius 1 is 1.24 bits per heavy atom. The summed E-state index contributed by atoms with van der Waals surface area (Å²) in [6.45, 7) is 4.32. The predicted molar refractivity (Wildman–Crippen MR) is 78.3 cm³/mol. The highest BCUT2D eigenvalue weighted by molar-refractivity contribution is 5.95. The van der Waals surface area contributed by atoms with Crippen molar-refractivity contribution in [1.82, 2.24) is 19.9 Å². The Morgan fingerprint density at radius 2 is 2.00 bits per heavy atom. The van der Waals surface area contributed by atoms with Gasteiger partial charge >= 0.3 is 0 Å². The number of ketones is 1. The molecule has 2 fully saturated rings. The number of hydrogen-bond donors (Lipinski definition) is 3. The Labute approximate surface area is 121 Å².